The van der Waals surface area contributed by atoms with Crippen molar-refractivity contribution in [2.75, 3.05) is 24.4 Å². The van der Waals surface area contributed by atoms with Crippen molar-refractivity contribution in [1.82, 2.24) is 0 Å². The summed E-state index contributed by atoms with van der Waals surface area (Å²) in [6.07, 6.45) is 0. The van der Waals surface area contributed by atoms with Gasteiger partial charge in [-0.1, -0.05) is 12.1 Å². The van der Waals surface area contributed by atoms with E-state index in [0.29, 0.717) is 22.7 Å². The number of nitrogens with two attached hydrogens (primary N) is 1. The zero-order chi connectivity index (χ0) is 18.7. The van der Waals surface area contributed by atoms with Gasteiger partial charge in [0.25, 0.3) is 5.91 Å². The fourth-order valence-corrected chi connectivity index (χ4v) is 3.73. The Hall–Kier alpha value is -2.56. The molecule has 0 radical (unpaired) electrons. The SMILES string of the molecule is CP(C)(=O)Oc1ccc(C(=O)Nc2cc(-c3cccs3)ccc2N)cc1. The van der Waals surface area contributed by atoms with Crippen molar-refractivity contribution in [2.24, 2.45) is 0 Å². The van der Waals surface area contributed by atoms with Crippen molar-refractivity contribution in [1.29, 1.82) is 0 Å². The molecule has 2 aromatic carbocycles. The number of nitrogens with one attached hydrogen (secondary N) is 1. The number of thiophene rings is 1. The smallest absolute Gasteiger partial charge is 0.255 e. The number of carbonyl (C=O) groups is 1. The van der Waals surface area contributed by atoms with E-state index in [9.17, 15) is 9.36 Å². The number of amides is 1. The molecule has 3 N–H and O–H groups in total. The number of benzene rings is 2. The summed E-state index contributed by atoms with van der Waals surface area (Å²) < 4.78 is 17.0. The highest BCUT2D eigenvalue weighted by Crippen LogP contribution is 2.38. The molecule has 26 heavy (non-hydrogen) atoms. The van der Waals surface area contributed by atoms with Gasteiger partial charge in [-0.15, -0.1) is 11.3 Å². The van der Waals surface area contributed by atoms with Crippen LogP contribution >= 0.6 is 18.7 Å². The first-order valence-corrected chi connectivity index (χ1v) is 11.3. The Morgan fingerprint density at radius 1 is 1.12 bits per heavy atom. The molecular formula is C19H19N2O3PS. The summed E-state index contributed by atoms with van der Waals surface area (Å²) in [5.74, 6) is 0.192. The fraction of sp³-hybridized carbons (Fsp3) is 0.105. The highest BCUT2D eigenvalue weighted by Gasteiger charge is 2.12. The molecular weight excluding hydrogens is 367 g/mol. The molecule has 0 aliphatic rings. The second kappa shape index (κ2) is 7.36. The van der Waals surface area contributed by atoms with Crippen molar-refractivity contribution < 1.29 is 13.9 Å². The Balaban J connectivity index is 1.77. The highest BCUT2D eigenvalue weighted by molar-refractivity contribution is 7.57. The van der Waals surface area contributed by atoms with Crippen molar-refractivity contribution in [3.8, 4) is 16.2 Å². The molecule has 0 saturated carbocycles. The van der Waals surface area contributed by atoms with Crippen LogP contribution in [0.4, 0.5) is 11.4 Å². The van der Waals surface area contributed by atoms with Gasteiger partial charge in [0.2, 0.25) is 7.37 Å². The van der Waals surface area contributed by atoms with E-state index >= 15 is 0 Å². The number of nitrogen functional groups attached to an aromatic ring is 1. The topological polar surface area (TPSA) is 81.4 Å². The van der Waals surface area contributed by atoms with E-state index in [1.165, 1.54) is 13.3 Å². The molecule has 0 spiro atoms. The van der Waals surface area contributed by atoms with Crippen LogP contribution in [-0.4, -0.2) is 19.2 Å². The molecule has 134 valence electrons. The molecule has 0 atom stereocenters. The van der Waals surface area contributed by atoms with Gasteiger partial charge in [-0.2, -0.15) is 0 Å². The summed E-state index contributed by atoms with van der Waals surface area (Å²) in [4.78, 5) is 13.6. The largest absolute Gasteiger partial charge is 0.443 e. The van der Waals surface area contributed by atoms with E-state index in [-0.39, 0.29) is 5.91 Å². The van der Waals surface area contributed by atoms with Crippen LogP contribution in [0.15, 0.2) is 60.0 Å². The normalized spacial score (nSPS) is 11.2. The van der Waals surface area contributed by atoms with E-state index in [0.717, 1.165) is 10.4 Å². The van der Waals surface area contributed by atoms with Crippen LogP contribution in [0.3, 0.4) is 0 Å². The molecule has 7 heteroatoms. The van der Waals surface area contributed by atoms with Crippen LogP contribution in [0, 0.1) is 0 Å². The lowest BCUT2D eigenvalue weighted by atomic mass is 10.1. The van der Waals surface area contributed by atoms with Gasteiger partial charge < -0.3 is 15.6 Å². The van der Waals surface area contributed by atoms with E-state index < -0.39 is 7.37 Å². The van der Waals surface area contributed by atoms with E-state index in [1.807, 2.05) is 29.6 Å². The summed E-state index contributed by atoms with van der Waals surface area (Å²) >= 11 is 1.62. The van der Waals surface area contributed by atoms with Gasteiger partial charge in [-0.25, -0.2) is 0 Å². The summed E-state index contributed by atoms with van der Waals surface area (Å²) in [5, 5.41) is 4.84. The molecule has 1 aromatic heterocycles. The number of hydrogen-bond donors (Lipinski definition) is 2. The number of rotatable bonds is 5. The molecule has 0 aliphatic carbocycles. The molecule has 1 amide bonds. The molecule has 0 bridgehead atoms. The van der Waals surface area contributed by atoms with Crippen LogP contribution in [0.1, 0.15) is 10.4 Å². The molecule has 0 saturated heterocycles. The maximum Gasteiger partial charge on any atom is 0.255 e. The lowest BCUT2D eigenvalue weighted by molar-refractivity contribution is 0.102. The van der Waals surface area contributed by atoms with Gasteiger partial charge in [-0.05, 0) is 53.4 Å². The van der Waals surface area contributed by atoms with Crippen LogP contribution in [0.2, 0.25) is 0 Å². The Labute approximate surface area is 156 Å². The average molecular weight is 386 g/mol. The number of carbonyl (C=O) groups excluding carboxylic acids is 1. The first-order chi connectivity index (χ1) is 12.3. The molecule has 3 aromatic rings. The standard InChI is InChI=1S/C19H19N2O3PS/c1-25(2,23)24-15-8-5-13(6-9-15)19(22)21-17-12-14(7-10-16(17)20)18-4-3-11-26-18/h3-12H,20H2,1-2H3,(H,21,22). The third-order valence-electron chi connectivity index (χ3n) is 3.55. The van der Waals surface area contributed by atoms with Crippen LogP contribution < -0.4 is 15.6 Å². The van der Waals surface area contributed by atoms with Crippen molar-refractivity contribution in [3.05, 3.63) is 65.5 Å². The highest BCUT2D eigenvalue weighted by atomic mass is 32.1. The fourth-order valence-electron chi connectivity index (χ4n) is 2.38. The average Bonchev–Trinajstić information content (AvgIpc) is 3.10. The molecule has 0 aliphatic heterocycles. The maximum atomic E-state index is 12.5. The number of hydrogen-bond acceptors (Lipinski definition) is 5. The Bertz CT molecular complexity index is 963. The van der Waals surface area contributed by atoms with Crippen molar-refractivity contribution in [3.63, 3.8) is 0 Å². The minimum atomic E-state index is -2.63. The first-order valence-electron chi connectivity index (χ1n) is 7.91. The molecule has 5 nitrogen and oxygen atoms in total. The van der Waals surface area contributed by atoms with E-state index in [1.54, 1.807) is 41.7 Å². The van der Waals surface area contributed by atoms with Crippen molar-refractivity contribution in [2.45, 2.75) is 0 Å². The summed E-state index contributed by atoms with van der Waals surface area (Å²) in [6.45, 7) is 3.08. The zero-order valence-electron chi connectivity index (χ0n) is 14.4. The Kier molecular flexibility index (Phi) is 5.16. The molecule has 0 unspecified atom stereocenters. The van der Waals surface area contributed by atoms with Gasteiger partial charge in [0.15, 0.2) is 0 Å². The summed E-state index contributed by atoms with van der Waals surface area (Å²) in [7, 11) is -2.63. The lowest BCUT2D eigenvalue weighted by Gasteiger charge is -2.12. The molecule has 1 heterocycles. The second-order valence-corrected chi connectivity index (χ2v) is 9.74. The van der Waals surface area contributed by atoms with Crippen LogP contribution in [0.25, 0.3) is 10.4 Å². The molecule has 3 rings (SSSR count). The van der Waals surface area contributed by atoms with Gasteiger partial charge in [0, 0.05) is 23.8 Å². The predicted octanol–water partition coefficient (Wildman–Crippen LogP) is 5.17. The zero-order valence-corrected chi connectivity index (χ0v) is 16.1. The van der Waals surface area contributed by atoms with Gasteiger partial charge in [0.1, 0.15) is 5.75 Å². The van der Waals surface area contributed by atoms with Gasteiger partial charge in [-0.3, -0.25) is 9.36 Å². The maximum absolute atomic E-state index is 12.5. The quantitative estimate of drug-likeness (QED) is 0.468. The Morgan fingerprint density at radius 2 is 1.85 bits per heavy atom. The van der Waals surface area contributed by atoms with Crippen molar-refractivity contribution >= 4 is 36.0 Å². The monoisotopic (exact) mass is 386 g/mol. The number of anilines is 2. The van der Waals surface area contributed by atoms with E-state index in [4.69, 9.17) is 10.3 Å². The second-order valence-electron chi connectivity index (χ2n) is 6.10. The summed E-state index contributed by atoms with van der Waals surface area (Å²) in [5.41, 5.74) is 8.51. The van der Waals surface area contributed by atoms with Crippen LogP contribution in [-0.2, 0) is 4.57 Å². The van der Waals surface area contributed by atoms with Crippen LogP contribution in [0.5, 0.6) is 5.75 Å². The minimum Gasteiger partial charge on any atom is -0.443 e. The third kappa shape index (κ3) is 4.54. The third-order valence-corrected chi connectivity index (χ3v) is 5.12. The predicted molar refractivity (Wildman–Crippen MR) is 109 cm³/mol. The minimum absolute atomic E-state index is 0.275. The lowest BCUT2D eigenvalue weighted by Crippen LogP contribution is -2.13. The first kappa shape index (κ1) is 18.2. The summed E-state index contributed by atoms with van der Waals surface area (Å²) in [6, 6.07) is 16.1. The molecule has 0 fully saturated rings. The van der Waals surface area contributed by atoms with Gasteiger partial charge >= 0.3 is 0 Å². The Morgan fingerprint density at radius 3 is 2.46 bits per heavy atom. The van der Waals surface area contributed by atoms with Gasteiger partial charge in [0.05, 0.1) is 11.4 Å². The van der Waals surface area contributed by atoms with E-state index in [2.05, 4.69) is 5.32 Å².